The molecule has 0 aliphatic heterocycles. The summed E-state index contributed by atoms with van der Waals surface area (Å²) >= 11 is 0. The molecule has 0 amide bonds. The molecule has 0 aliphatic carbocycles. The lowest BCUT2D eigenvalue weighted by atomic mass is 10.2. The Morgan fingerprint density at radius 1 is 1.56 bits per heavy atom. The Morgan fingerprint density at radius 3 is 2.81 bits per heavy atom. The van der Waals surface area contributed by atoms with Crippen molar-refractivity contribution in [3.63, 3.8) is 0 Å². The molecule has 4 N–H and O–H groups in total. The summed E-state index contributed by atoms with van der Waals surface area (Å²) in [4.78, 5) is 8.04. The second-order valence-corrected chi connectivity index (χ2v) is 3.64. The lowest BCUT2D eigenvalue weighted by Crippen LogP contribution is -2.38. The summed E-state index contributed by atoms with van der Waals surface area (Å²) < 4.78 is 5.07. The highest BCUT2D eigenvalue weighted by molar-refractivity contribution is 5.47. The third-order valence-corrected chi connectivity index (χ3v) is 2.36. The van der Waals surface area contributed by atoms with Gasteiger partial charge in [0.15, 0.2) is 0 Å². The summed E-state index contributed by atoms with van der Waals surface area (Å²) in [6, 6.07) is -0.333. The minimum Gasteiger partial charge on any atom is -0.481 e. The largest absolute Gasteiger partial charge is 0.481 e. The van der Waals surface area contributed by atoms with E-state index in [4.69, 9.17) is 10.5 Å². The normalized spacial score (nSPS) is 14.3. The van der Waals surface area contributed by atoms with Crippen molar-refractivity contribution in [2.45, 2.75) is 26.0 Å². The molecule has 0 spiro atoms. The highest BCUT2D eigenvalue weighted by Gasteiger charge is 2.11. The number of hydrogen-bond donors (Lipinski definition) is 3. The van der Waals surface area contributed by atoms with E-state index >= 15 is 0 Å². The van der Waals surface area contributed by atoms with Crippen LogP contribution in [0.2, 0.25) is 0 Å². The van der Waals surface area contributed by atoms with E-state index in [-0.39, 0.29) is 6.04 Å². The molecule has 0 saturated heterocycles. The van der Waals surface area contributed by atoms with Crippen LogP contribution in [-0.4, -0.2) is 40.9 Å². The van der Waals surface area contributed by atoms with E-state index in [1.807, 2.05) is 6.92 Å². The van der Waals surface area contributed by atoms with Gasteiger partial charge < -0.3 is 20.9 Å². The van der Waals surface area contributed by atoms with Gasteiger partial charge in [0.1, 0.15) is 12.1 Å². The fourth-order valence-electron chi connectivity index (χ4n) is 1.20. The average molecular weight is 226 g/mol. The number of hydrogen-bond acceptors (Lipinski definition) is 6. The first-order valence-electron chi connectivity index (χ1n) is 5.09. The van der Waals surface area contributed by atoms with E-state index in [2.05, 4.69) is 15.3 Å². The van der Waals surface area contributed by atoms with Crippen molar-refractivity contribution in [2.75, 3.05) is 19.0 Å². The lowest BCUT2D eigenvalue weighted by Gasteiger charge is -2.16. The van der Waals surface area contributed by atoms with Crippen LogP contribution in [0.5, 0.6) is 5.88 Å². The molecule has 6 heteroatoms. The zero-order chi connectivity index (χ0) is 12.1. The number of nitrogens with zero attached hydrogens (tertiary/aromatic N) is 2. The van der Waals surface area contributed by atoms with E-state index in [0.29, 0.717) is 18.2 Å². The van der Waals surface area contributed by atoms with Gasteiger partial charge in [-0.2, -0.15) is 0 Å². The van der Waals surface area contributed by atoms with Gasteiger partial charge in [0.2, 0.25) is 5.88 Å². The standard InChI is InChI=1S/C10H18N4O2/c1-6-9(12-4-8(11)7(2)15)13-5-14-10(6)16-3/h5,7-8,15H,4,11H2,1-3H3,(H,12,13,14). The second-order valence-electron chi connectivity index (χ2n) is 3.64. The zero-order valence-corrected chi connectivity index (χ0v) is 9.77. The molecule has 1 rings (SSSR count). The molecule has 1 aromatic rings. The number of ether oxygens (including phenoxy) is 1. The topological polar surface area (TPSA) is 93.3 Å². The van der Waals surface area contributed by atoms with Crippen molar-refractivity contribution in [1.29, 1.82) is 0 Å². The van der Waals surface area contributed by atoms with Gasteiger partial charge in [0.25, 0.3) is 0 Å². The van der Waals surface area contributed by atoms with E-state index in [9.17, 15) is 5.11 Å². The van der Waals surface area contributed by atoms with Crippen LogP contribution in [0.1, 0.15) is 12.5 Å². The summed E-state index contributed by atoms with van der Waals surface area (Å²) in [6.07, 6.45) is 0.860. The highest BCUT2D eigenvalue weighted by Crippen LogP contribution is 2.19. The van der Waals surface area contributed by atoms with Gasteiger partial charge in [-0.3, -0.25) is 0 Å². The van der Waals surface area contributed by atoms with Crippen LogP contribution in [0.4, 0.5) is 5.82 Å². The molecular formula is C10H18N4O2. The van der Waals surface area contributed by atoms with Crippen molar-refractivity contribution in [3.8, 4) is 5.88 Å². The van der Waals surface area contributed by atoms with Crippen molar-refractivity contribution in [3.05, 3.63) is 11.9 Å². The fourth-order valence-corrected chi connectivity index (χ4v) is 1.20. The van der Waals surface area contributed by atoms with Crippen molar-refractivity contribution in [1.82, 2.24) is 9.97 Å². The smallest absolute Gasteiger partial charge is 0.221 e. The number of aromatic nitrogens is 2. The van der Waals surface area contributed by atoms with Crippen LogP contribution < -0.4 is 15.8 Å². The minimum absolute atomic E-state index is 0.333. The Labute approximate surface area is 94.9 Å². The maximum atomic E-state index is 9.25. The lowest BCUT2D eigenvalue weighted by molar-refractivity contribution is 0.168. The van der Waals surface area contributed by atoms with Gasteiger partial charge in [0, 0.05) is 12.6 Å². The molecule has 6 nitrogen and oxygen atoms in total. The number of methoxy groups -OCH3 is 1. The van der Waals surface area contributed by atoms with E-state index in [1.165, 1.54) is 6.33 Å². The zero-order valence-electron chi connectivity index (χ0n) is 9.77. The molecule has 16 heavy (non-hydrogen) atoms. The molecule has 0 aromatic carbocycles. The summed E-state index contributed by atoms with van der Waals surface area (Å²) in [5, 5.41) is 12.3. The molecule has 0 saturated carbocycles. The summed E-state index contributed by atoms with van der Waals surface area (Å²) in [5.74, 6) is 1.20. The molecule has 0 fully saturated rings. The SMILES string of the molecule is COc1ncnc(NCC(N)C(C)O)c1C. The van der Waals surface area contributed by atoms with Crippen LogP contribution >= 0.6 is 0 Å². The first-order chi connectivity index (χ1) is 7.56. The third-order valence-electron chi connectivity index (χ3n) is 2.36. The van der Waals surface area contributed by atoms with Crippen LogP contribution in [0.15, 0.2) is 6.33 Å². The van der Waals surface area contributed by atoms with Crippen molar-refractivity contribution >= 4 is 5.82 Å². The van der Waals surface area contributed by atoms with Gasteiger partial charge in [-0.15, -0.1) is 0 Å². The van der Waals surface area contributed by atoms with Crippen LogP contribution in [0, 0.1) is 6.92 Å². The monoisotopic (exact) mass is 226 g/mol. The molecule has 0 radical (unpaired) electrons. The fraction of sp³-hybridized carbons (Fsp3) is 0.600. The number of rotatable bonds is 5. The predicted octanol–water partition coefficient (Wildman–Crippen LogP) is -0.0864. The summed E-state index contributed by atoms with van der Waals surface area (Å²) in [5.41, 5.74) is 6.52. The van der Waals surface area contributed by atoms with E-state index < -0.39 is 6.10 Å². The predicted molar refractivity (Wildman–Crippen MR) is 61.5 cm³/mol. The maximum Gasteiger partial charge on any atom is 0.221 e. The van der Waals surface area contributed by atoms with Crippen molar-refractivity contribution < 1.29 is 9.84 Å². The van der Waals surface area contributed by atoms with Gasteiger partial charge >= 0.3 is 0 Å². The van der Waals surface area contributed by atoms with Crippen molar-refractivity contribution in [2.24, 2.45) is 5.73 Å². The van der Waals surface area contributed by atoms with Crippen LogP contribution in [0.25, 0.3) is 0 Å². The first kappa shape index (κ1) is 12.7. The molecular weight excluding hydrogens is 208 g/mol. The molecule has 2 unspecified atom stereocenters. The molecule has 0 aliphatic rings. The Morgan fingerprint density at radius 2 is 2.25 bits per heavy atom. The Bertz CT molecular complexity index is 344. The second kappa shape index (κ2) is 5.62. The molecule has 1 aromatic heterocycles. The summed E-state index contributed by atoms with van der Waals surface area (Å²) in [7, 11) is 1.56. The quantitative estimate of drug-likeness (QED) is 0.650. The number of aliphatic hydroxyl groups excluding tert-OH is 1. The van der Waals surface area contributed by atoms with Gasteiger partial charge in [0.05, 0.1) is 18.8 Å². The Hall–Kier alpha value is -1.40. The maximum absolute atomic E-state index is 9.25. The first-order valence-corrected chi connectivity index (χ1v) is 5.09. The van der Waals surface area contributed by atoms with Crippen LogP contribution in [-0.2, 0) is 0 Å². The van der Waals surface area contributed by atoms with Crippen LogP contribution in [0.3, 0.4) is 0 Å². The Kier molecular flexibility index (Phi) is 4.45. The van der Waals surface area contributed by atoms with E-state index in [1.54, 1.807) is 14.0 Å². The minimum atomic E-state index is -0.559. The van der Waals surface area contributed by atoms with Gasteiger partial charge in [-0.25, -0.2) is 9.97 Å². The number of anilines is 1. The summed E-state index contributed by atoms with van der Waals surface area (Å²) in [6.45, 7) is 3.95. The number of aliphatic hydroxyl groups is 1. The Balaban J connectivity index is 2.67. The third kappa shape index (κ3) is 3.04. The van der Waals surface area contributed by atoms with Gasteiger partial charge in [-0.1, -0.05) is 0 Å². The molecule has 0 bridgehead atoms. The number of nitrogens with two attached hydrogens (primary N) is 1. The number of nitrogens with one attached hydrogen (secondary N) is 1. The van der Waals surface area contributed by atoms with E-state index in [0.717, 1.165) is 5.56 Å². The molecule has 2 atom stereocenters. The highest BCUT2D eigenvalue weighted by atomic mass is 16.5. The average Bonchev–Trinajstić information content (AvgIpc) is 2.27. The van der Waals surface area contributed by atoms with Gasteiger partial charge in [-0.05, 0) is 13.8 Å². The molecule has 90 valence electrons. The molecule has 1 heterocycles.